The van der Waals surface area contributed by atoms with E-state index in [-0.39, 0.29) is 25.7 Å². The minimum absolute atomic E-state index is 0.0357. The maximum atomic E-state index is 12.2. The highest BCUT2D eigenvalue weighted by atomic mass is 32.2. The van der Waals surface area contributed by atoms with Crippen LogP contribution in [0.3, 0.4) is 0 Å². The highest BCUT2D eigenvalue weighted by Crippen LogP contribution is 2.36. The molecule has 1 amide bonds. The number of aliphatic hydroxyl groups is 1. The van der Waals surface area contributed by atoms with E-state index in [2.05, 4.69) is 5.32 Å². The minimum Gasteiger partial charge on any atom is -0.454 e. The SMILES string of the molecule is O=C(CS(=O)(=O)Cc1cccc(-c2ccc3c(c2)OCO3)c1)NCCO. The maximum Gasteiger partial charge on any atom is 0.235 e. The number of hydrogen-bond donors (Lipinski definition) is 2. The summed E-state index contributed by atoms with van der Waals surface area (Å²) in [6.45, 7) is -0.00721. The van der Waals surface area contributed by atoms with Gasteiger partial charge in [0.1, 0.15) is 5.75 Å². The molecule has 0 saturated carbocycles. The Labute approximate surface area is 151 Å². The maximum absolute atomic E-state index is 12.2. The number of aliphatic hydroxyl groups excluding tert-OH is 1. The van der Waals surface area contributed by atoms with Crippen molar-refractivity contribution < 1.29 is 27.8 Å². The zero-order valence-corrected chi connectivity index (χ0v) is 14.8. The molecule has 0 aliphatic carbocycles. The first-order valence-corrected chi connectivity index (χ1v) is 9.86. The molecule has 0 spiro atoms. The Morgan fingerprint density at radius 3 is 2.65 bits per heavy atom. The first-order valence-electron chi connectivity index (χ1n) is 8.04. The number of carbonyl (C=O) groups is 1. The number of amides is 1. The van der Waals surface area contributed by atoms with Gasteiger partial charge in [0, 0.05) is 6.54 Å². The standard InChI is InChI=1S/C18H19NO6S/c20-7-6-19-18(21)11-26(22,23)10-13-2-1-3-14(8-13)15-4-5-16-17(9-15)25-12-24-16/h1-5,8-9,20H,6-7,10-12H2,(H,19,21). The van der Waals surface area contributed by atoms with E-state index >= 15 is 0 Å². The third kappa shape index (κ3) is 4.53. The van der Waals surface area contributed by atoms with Crippen LogP contribution < -0.4 is 14.8 Å². The predicted molar refractivity (Wildman–Crippen MR) is 95.6 cm³/mol. The van der Waals surface area contributed by atoms with Crippen molar-refractivity contribution in [2.75, 3.05) is 25.7 Å². The van der Waals surface area contributed by atoms with Gasteiger partial charge < -0.3 is 19.9 Å². The van der Waals surface area contributed by atoms with E-state index in [9.17, 15) is 13.2 Å². The summed E-state index contributed by atoms with van der Waals surface area (Å²) in [5.74, 6) is -0.132. The zero-order valence-electron chi connectivity index (χ0n) is 14.0. The molecular formula is C18H19NO6S. The summed E-state index contributed by atoms with van der Waals surface area (Å²) in [4.78, 5) is 11.6. The Kier molecular flexibility index (Phi) is 5.43. The minimum atomic E-state index is -3.61. The summed E-state index contributed by atoms with van der Waals surface area (Å²) >= 11 is 0. The number of sulfone groups is 1. The van der Waals surface area contributed by atoms with Crippen LogP contribution in [0.4, 0.5) is 0 Å². The Morgan fingerprint density at radius 1 is 1.08 bits per heavy atom. The van der Waals surface area contributed by atoms with Crippen LogP contribution in [0.5, 0.6) is 11.5 Å². The summed E-state index contributed by atoms with van der Waals surface area (Å²) in [6.07, 6.45) is 0. The van der Waals surface area contributed by atoms with Gasteiger partial charge in [-0.05, 0) is 28.8 Å². The molecular weight excluding hydrogens is 358 g/mol. The molecule has 2 aromatic rings. The average Bonchev–Trinajstić information content (AvgIpc) is 3.07. The fourth-order valence-corrected chi connectivity index (χ4v) is 3.96. The van der Waals surface area contributed by atoms with E-state index in [4.69, 9.17) is 14.6 Å². The second kappa shape index (κ2) is 7.76. The third-order valence-electron chi connectivity index (χ3n) is 3.80. The molecule has 2 aromatic carbocycles. The van der Waals surface area contributed by atoms with Crippen LogP contribution in [0.1, 0.15) is 5.56 Å². The van der Waals surface area contributed by atoms with E-state index in [1.165, 1.54) is 0 Å². The highest BCUT2D eigenvalue weighted by Gasteiger charge is 2.18. The van der Waals surface area contributed by atoms with Crippen LogP contribution in [0.25, 0.3) is 11.1 Å². The largest absolute Gasteiger partial charge is 0.454 e. The van der Waals surface area contributed by atoms with Crippen molar-refractivity contribution in [1.82, 2.24) is 5.32 Å². The molecule has 0 unspecified atom stereocenters. The van der Waals surface area contributed by atoms with Gasteiger partial charge in [0.05, 0.1) is 12.4 Å². The Balaban J connectivity index is 1.74. The van der Waals surface area contributed by atoms with E-state index in [0.717, 1.165) is 11.1 Å². The predicted octanol–water partition coefficient (Wildman–Crippen LogP) is 1.11. The monoisotopic (exact) mass is 377 g/mol. The summed E-state index contributed by atoms with van der Waals surface area (Å²) in [5, 5.41) is 11.0. The van der Waals surface area contributed by atoms with Crippen LogP contribution in [0, 0.1) is 0 Å². The molecule has 7 nitrogen and oxygen atoms in total. The quantitative estimate of drug-likeness (QED) is 0.749. The van der Waals surface area contributed by atoms with Crippen molar-refractivity contribution in [2.45, 2.75) is 5.75 Å². The Hall–Kier alpha value is -2.58. The normalized spacial score (nSPS) is 12.8. The first kappa shape index (κ1) is 18.2. The van der Waals surface area contributed by atoms with Crippen molar-refractivity contribution in [1.29, 1.82) is 0 Å². The smallest absolute Gasteiger partial charge is 0.235 e. The van der Waals surface area contributed by atoms with Gasteiger partial charge in [-0.25, -0.2) is 8.42 Å². The summed E-state index contributed by atoms with van der Waals surface area (Å²) in [7, 11) is -3.61. The molecule has 0 aromatic heterocycles. The summed E-state index contributed by atoms with van der Waals surface area (Å²) in [6, 6.07) is 12.7. The number of benzene rings is 2. The fourth-order valence-electron chi connectivity index (χ4n) is 2.67. The number of nitrogens with one attached hydrogen (secondary N) is 1. The Morgan fingerprint density at radius 2 is 1.85 bits per heavy atom. The molecule has 0 radical (unpaired) electrons. The van der Waals surface area contributed by atoms with Crippen molar-refractivity contribution in [3.63, 3.8) is 0 Å². The Bertz CT molecular complexity index is 910. The molecule has 1 aliphatic rings. The molecule has 8 heteroatoms. The van der Waals surface area contributed by atoms with Crippen LogP contribution in [0.15, 0.2) is 42.5 Å². The van der Waals surface area contributed by atoms with Crippen LogP contribution in [-0.2, 0) is 20.4 Å². The van der Waals surface area contributed by atoms with Crippen LogP contribution in [0.2, 0.25) is 0 Å². The van der Waals surface area contributed by atoms with Gasteiger partial charge in [0.2, 0.25) is 12.7 Å². The zero-order chi connectivity index (χ0) is 18.6. The van der Waals surface area contributed by atoms with Gasteiger partial charge in [0.25, 0.3) is 0 Å². The summed E-state index contributed by atoms with van der Waals surface area (Å²) < 4.78 is 35.1. The van der Waals surface area contributed by atoms with E-state index < -0.39 is 21.5 Å². The molecule has 0 atom stereocenters. The molecule has 2 N–H and O–H groups in total. The van der Waals surface area contributed by atoms with E-state index in [0.29, 0.717) is 17.1 Å². The van der Waals surface area contributed by atoms with Crippen molar-refractivity contribution in [2.24, 2.45) is 0 Å². The molecule has 0 bridgehead atoms. The lowest BCUT2D eigenvalue weighted by Gasteiger charge is -2.08. The number of ether oxygens (including phenoxy) is 2. The first-order chi connectivity index (χ1) is 12.5. The lowest BCUT2D eigenvalue weighted by Crippen LogP contribution is -2.32. The molecule has 0 fully saturated rings. The van der Waals surface area contributed by atoms with Gasteiger partial charge in [0.15, 0.2) is 21.3 Å². The molecule has 1 heterocycles. The van der Waals surface area contributed by atoms with E-state index in [1.807, 2.05) is 24.3 Å². The van der Waals surface area contributed by atoms with Crippen LogP contribution in [-0.4, -0.2) is 45.1 Å². The van der Waals surface area contributed by atoms with Gasteiger partial charge in [-0.2, -0.15) is 0 Å². The third-order valence-corrected chi connectivity index (χ3v) is 5.28. The molecule has 3 rings (SSSR count). The second-order valence-corrected chi connectivity index (χ2v) is 7.94. The lowest BCUT2D eigenvalue weighted by molar-refractivity contribution is -0.118. The summed E-state index contributed by atoms with van der Waals surface area (Å²) in [5.41, 5.74) is 2.32. The van der Waals surface area contributed by atoms with E-state index in [1.54, 1.807) is 18.2 Å². The second-order valence-electron chi connectivity index (χ2n) is 5.87. The van der Waals surface area contributed by atoms with Crippen molar-refractivity contribution >= 4 is 15.7 Å². The van der Waals surface area contributed by atoms with Gasteiger partial charge in [-0.1, -0.05) is 30.3 Å². The highest BCUT2D eigenvalue weighted by molar-refractivity contribution is 7.91. The van der Waals surface area contributed by atoms with Crippen molar-refractivity contribution in [3.8, 4) is 22.6 Å². The number of carbonyl (C=O) groups excluding carboxylic acids is 1. The number of rotatable bonds is 7. The molecule has 138 valence electrons. The molecule has 1 aliphatic heterocycles. The average molecular weight is 377 g/mol. The molecule has 26 heavy (non-hydrogen) atoms. The van der Waals surface area contributed by atoms with Gasteiger partial charge >= 0.3 is 0 Å². The van der Waals surface area contributed by atoms with Crippen LogP contribution >= 0.6 is 0 Å². The van der Waals surface area contributed by atoms with Crippen molar-refractivity contribution in [3.05, 3.63) is 48.0 Å². The van der Waals surface area contributed by atoms with Gasteiger partial charge in [-0.3, -0.25) is 4.79 Å². The number of hydrogen-bond acceptors (Lipinski definition) is 6. The molecule has 0 saturated heterocycles. The van der Waals surface area contributed by atoms with Gasteiger partial charge in [-0.15, -0.1) is 0 Å². The fraction of sp³-hybridized carbons (Fsp3) is 0.278. The lowest BCUT2D eigenvalue weighted by atomic mass is 10.0. The number of fused-ring (bicyclic) bond motifs is 1. The topological polar surface area (TPSA) is 102 Å².